The van der Waals surface area contributed by atoms with Crippen molar-refractivity contribution < 1.29 is 23.8 Å². The van der Waals surface area contributed by atoms with Crippen molar-refractivity contribution in [2.45, 2.75) is 38.9 Å². The van der Waals surface area contributed by atoms with Crippen LogP contribution in [0.4, 0.5) is 0 Å². The highest BCUT2D eigenvalue weighted by atomic mass is 16.6. The number of carbonyl (C=O) groups is 1. The van der Waals surface area contributed by atoms with E-state index in [1.165, 1.54) is 12.1 Å². The molecule has 0 fully saturated rings. The van der Waals surface area contributed by atoms with E-state index in [1.54, 1.807) is 32.9 Å². The van der Waals surface area contributed by atoms with Gasteiger partial charge < -0.3 is 19.0 Å². The molecule has 1 aliphatic rings. The van der Waals surface area contributed by atoms with Crippen molar-refractivity contribution in [2.24, 2.45) is 0 Å². The number of aliphatic hydroxyl groups is 1. The number of hydrogen-bond donors (Lipinski definition) is 1. The Balaban J connectivity index is 1.76. The number of carbonyl (C=O) groups excluding carboxylic acids is 1. The van der Waals surface area contributed by atoms with E-state index in [4.69, 9.17) is 13.9 Å². The molecule has 3 rings (SSSR count). The van der Waals surface area contributed by atoms with Gasteiger partial charge in [0, 0.05) is 30.0 Å². The molecule has 0 saturated carbocycles. The van der Waals surface area contributed by atoms with E-state index in [1.807, 2.05) is 6.07 Å². The number of hydrogen-bond acceptors (Lipinski definition) is 6. The second-order valence-electron chi connectivity index (χ2n) is 6.75. The summed E-state index contributed by atoms with van der Waals surface area (Å²) < 4.78 is 16.1. The van der Waals surface area contributed by atoms with Crippen LogP contribution < -0.4 is 10.4 Å². The molecule has 2 atom stereocenters. The Bertz CT molecular complexity index is 902. The SMILES string of the molecule is CC(C)=CC(=O)OC[C@](C)(O)[C@@H]1Cc2cc3ccc(=O)oc3cc2O1. The van der Waals surface area contributed by atoms with Crippen molar-refractivity contribution in [3.63, 3.8) is 0 Å². The molecule has 2 heterocycles. The normalized spacial score (nSPS) is 18.2. The van der Waals surface area contributed by atoms with Gasteiger partial charge in [-0.25, -0.2) is 9.59 Å². The van der Waals surface area contributed by atoms with Crippen LogP contribution >= 0.6 is 0 Å². The molecule has 0 bridgehead atoms. The summed E-state index contributed by atoms with van der Waals surface area (Å²) in [6.45, 7) is 4.97. The molecule has 0 unspecified atom stereocenters. The van der Waals surface area contributed by atoms with Gasteiger partial charge in [0.25, 0.3) is 0 Å². The Morgan fingerprint density at radius 2 is 2.16 bits per heavy atom. The van der Waals surface area contributed by atoms with Crippen molar-refractivity contribution in [3.05, 3.63) is 51.9 Å². The summed E-state index contributed by atoms with van der Waals surface area (Å²) in [6.07, 6.45) is 1.28. The second-order valence-corrected chi connectivity index (χ2v) is 6.75. The van der Waals surface area contributed by atoms with Gasteiger partial charge in [0.05, 0.1) is 0 Å². The first-order valence-corrected chi connectivity index (χ1v) is 8.02. The van der Waals surface area contributed by atoms with Crippen LogP contribution in [0.3, 0.4) is 0 Å². The largest absolute Gasteiger partial charge is 0.487 e. The summed E-state index contributed by atoms with van der Waals surface area (Å²) in [7, 11) is 0. The van der Waals surface area contributed by atoms with Crippen LogP contribution in [0, 0.1) is 0 Å². The molecule has 1 N–H and O–H groups in total. The predicted molar refractivity (Wildman–Crippen MR) is 91.6 cm³/mol. The minimum absolute atomic E-state index is 0.178. The molecule has 0 spiro atoms. The van der Waals surface area contributed by atoms with Gasteiger partial charge in [0.15, 0.2) is 0 Å². The van der Waals surface area contributed by atoms with Crippen LogP contribution in [-0.4, -0.2) is 29.4 Å². The molecule has 0 radical (unpaired) electrons. The quantitative estimate of drug-likeness (QED) is 0.521. The Kier molecular flexibility index (Phi) is 4.39. The van der Waals surface area contributed by atoms with E-state index in [0.29, 0.717) is 17.8 Å². The number of esters is 1. The summed E-state index contributed by atoms with van der Waals surface area (Å²) in [5.41, 5.74) is 0.378. The molecule has 1 aliphatic heterocycles. The summed E-state index contributed by atoms with van der Waals surface area (Å²) in [5.74, 6) is 0.0612. The lowest BCUT2D eigenvalue weighted by Gasteiger charge is -2.28. The number of ether oxygens (including phenoxy) is 2. The maximum atomic E-state index is 11.6. The molecule has 25 heavy (non-hydrogen) atoms. The Labute approximate surface area is 144 Å². The highest BCUT2D eigenvalue weighted by Gasteiger charge is 2.40. The molecule has 0 aliphatic carbocycles. The summed E-state index contributed by atoms with van der Waals surface area (Å²) in [6, 6.07) is 6.57. The summed E-state index contributed by atoms with van der Waals surface area (Å²) >= 11 is 0. The average Bonchev–Trinajstić information content (AvgIpc) is 2.94. The minimum atomic E-state index is -1.35. The van der Waals surface area contributed by atoms with E-state index in [-0.39, 0.29) is 6.61 Å². The average molecular weight is 344 g/mol. The second kappa shape index (κ2) is 6.37. The van der Waals surface area contributed by atoms with Crippen molar-refractivity contribution in [3.8, 4) is 5.75 Å². The maximum absolute atomic E-state index is 11.6. The molecule has 0 amide bonds. The smallest absolute Gasteiger partial charge is 0.336 e. The van der Waals surface area contributed by atoms with Crippen LogP contribution in [-0.2, 0) is 16.0 Å². The van der Waals surface area contributed by atoms with Crippen molar-refractivity contribution >= 4 is 16.9 Å². The minimum Gasteiger partial charge on any atom is -0.487 e. The third-order valence-electron chi connectivity index (χ3n) is 4.08. The molecule has 6 heteroatoms. The standard InChI is InChI=1S/C19H20O6/c1-11(2)6-18(21)23-10-19(3,22)16-8-13-7-12-4-5-17(20)25-14(12)9-15(13)24-16/h4-7,9,16,22H,8,10H2,1-3H3/t16-,19-/m0/s1. The van der Waals surface area contributed by atoms with Crippen LogP contribution in [0.15, 0.2) is 45.1 Å². The first-order chi connectivity index (χ1) is 11.7. The van der Waals surface area contributed by atoms with E-state index < -0.39 is 23.3 Å². The fourth-order valence-corrected chi connectivity index (χ4v) is 2.74. The third kappa shape index (κ3) is 3.74. The van der Waals surface area contributed by atoms with E-state index in [0.717, 1.165) is 16.5 Å². The number of fused-ring (bicyclic) bond motifs is 2. The van der Waals surface area contributed by atoms with Crippen LogP contribution in [0.1, 0.15) is 26.3 Å². The van der Waals surface area contributed by atoms with E-state index >= 15 is 0 Å². The van der Waals surface area contributed by atoms with Crippen LogP contribution in [0.25, 0.3) is 11.0 Å². The maximum Gasteiger partial charge on any atom is 0.336 e. The highest BCUT2D eigenvalue weighted by Crippen LogP contribution is 2.36. The Morgan fingerprint density at radius 3 is 2.88 bits per heavy atom. The van der Waals surface area contributed by atoms with Gasteiger partial charge in [-0.05, 0) is 38.5 Å². The lowest BCUT2D eigenvalue weighted by molar-refractivity contribution is -0.150. The Morgan fingerprint density at radius 1 is 1.40 bits per heavy atom. The van der Waals surface area contributed by atoms with Gasteiger partial charge in [-0.1, -0.05) is 5.57 Å². The van der Waals surface area contributed by atoms with Crippen LogP contribution in [0.2, 0.25) is 0 Å². The number of allylic oxidation sites excluding steroid dienone is 1. The molecule has 1 aromatic carbocycles. The molecule has 0 saturated heterocycles. The molecule has 132 valence electrons. The first-order valence-electron chi connectivity index (χ1n) is 8.02. The summed E-state index contributed by atoms with van der Waals surface area (Å²) in [5, 5.41) is 11.4. The summed E-state index contributed by atoms with van der Waals surface area (Å²) in [4.78, 5) is 23.0. The zero-order chi connectivity index (χ0) is 18.2. The monoisotopic (exact) mass is 344 g/mol. The van der Waals surface area contributed by atoms with Gasteiger partial charge in [0.2, 0.25) is 0 Å². The predicted octanol–water partition coefficient (Wildman–Crippen LogP) is 2.36. The number of rotatable bonds is 4. The van der Waals surface area contributed by atoms with Gasteiger partial charge in [0.1, 0.15) is 29.6 Å². The lowest BCUT2D eigenvalue weighted by Crippen LogP contribution is -2.46. The van der Waals surface area contributed by atoms with Crippen molar-refractivity contribution in [1.29, 1.82) is 0 Å². The molecule has 1 aromatic heterocycles. The highest BCUT2D eigenvalue weighted by molar-refractivity contribution is 5.82. The fourth-order valence-electron chi connectivity index (χ4n) is 2.74. The fraction of sp³-hybridized carbons (Fsp3) is 0.368. The van der Waals surface area contributed by atoms with E-state index in [2.05, 4.69) is 0 Å². The molecule has 2 aromatic rings. The lowest BCUT2D eigenvalue weighted by atomic mass is 9.95. The van der Waals surface area contributed by atoms with Gasteiger partial charge in [-0.2, -0.15) is 0 Å². The van der Waals surface area contributed by atoms with Gasteiger partial charge in [-0.15, -0.1) is 0 Å². The van der Waals surface area contributed by atoms with Crippen molar-refractivity contribution in [1.82, 2.24) is 0 Å². The van der Waals surface area contributed by atoms with E-state index in [9.17, 15) is 14.7 Å². The zero-order valence-electron chi connectivity index (χ0n) is 14.4. The Hall–Kier alpha value is -2.60. The van der Waals surface area contributed by atoms with Gasteiger partial charge >= 0.3 is 11.6 Å². The van der Waals surface area contributed by atoms with Gasteiger partial charge in [-0.3, -0.25) is 0 Å². The third-order valence-corrected chi connectivity index (χ3v) is 4.08. The zero-order valence-corrected chi connectivity index (χ0v) is 14.4. The number of benzene rings is 1. The van der Waals surface area contributed by atoms with Crippen molar-refractivity contribution in [2.75, 3.05) is 6.61 Å². The van der Waals surface area contributed by atoms with Crippen LogP contribution in [0.5, 0.6) is 5.75 Å². The molecule has 6 nitrogen and oxygen atoms in total. The molecular formula is C19H20O6. The molecular weight excluding hydrogens is 324 g/mol. The topological polar surface area (TPSA) is 86.0 Å². The first kappa shape index (κ1) is 17.2.